The van der Waals surface area contributed by atoms with E-state index in [4.69, 9.17) is 4.42 Å². The third kappa shape index (κ3) is 4.88. The van der Waals surface area contributed by atoms with Crippen molar-refractivity contribution in [3.05, 3.63) is 81.9 Å². The van der Waals surface area contributed by atoms with E-state index in [2.05, 4.69) is 4.72 Å². The van der Waals surface area contributed by atoms with E-state index in [9.17, 15) is 13.2 Å². The molecule has 0 aliphatic carbocycles. The first kappa shape index (κ1) is 17.6. The first-order chi connectivity index (χ1) is 12.0. The Kier molecular flexibility index (Phi) is 5.47. The molecule has 3 rings (SSSR count). The molecular weight excluding hydrogens is 358 g/mol. The highest BCUT2D eigenvalue weighted by atomic mass is 32.2. The molecule has 0 atom stereocenters. The molecule has 0 aliphatic heterocycles. The number of hydrogen-bond donors (Lipinski definition) is 1. The second kappa shape index (κ2) is 7.77. The van der Waals surface area contributed by atoms with Crippen molar-refractivity contribution in [1.82, 2.24) is 4.72 Å². The minimum absolute atomic E-state index is 0.0283. The van der Waals surface area contributed by atoms with Gasteiger partial charge < -0.3 is 4.42 Å². The lowest BCUT2D eigenvalue weighted by atomic mass is 10.2. The number of furan rings is 1. The van der Waals surface area contributed by atoms with Crippen LogP contribution in [0.25, 0.3) is 0 Å². The third-order valence-corrected chi connectivity index (χ3v) is 6.01. The molecule has 5 nitrogen and oxygen atoms in total. The predicted octanol–water partition coefficient (Wildman–Crippen LogP) is 3.23. The van der Waals surface area contributed by atoms with Gasteiger partial charge in [0.25, 0.3) is 0 Å². The van der Waals surface area contributed by atoms with Crippen LogP contribution >= 0.6 is 11.3 Å². The highest BCUT2D eigenvalue weighted by Gasteiger charge is 2.16. The molecule has 0 spiro atoms. The average molecular weight is 375 g/mol. The van der Waals surface area contributed by atoms with Crippen molar-refractivity contribution in [2.75, 3.05) is 5.75 Å². The van der Waals surface area contributed by atoms with Gasteiger partial charge in [-0.3, -0.25) is 4.79 Å². The molecule has 0 unspecified atom stereocenters. The summed E-state index contributed by atoms with van der Waals surface area (Å²) in [6.45, 7) is 0.174. The number of sulfonamides is 1. The van der Waals surface area contributed by atoms with Gasteiger partial charge in [-0.25, -0.2) is 13.1 Å². The van der Waals surface area contributed by atoms with Crippen LogP contribution in [0.3, 0.4) is 0 Å². The summed E-state index contributed by atoms with van der Waals surface area (Å²) in [5.41, 5.74) is 0.982. The smallest absolute Gasteiger partial charge is 0.238 e. The van der Waals surface area contributed by atoms with E-state index in [1.54, 1.807) is 24.3 Å². The Morgan fingerprint density at radius 2 is 1.84 bits per heavy atom. The monoisotopic (exact) mass is 375 g/mol. The van der Waals surface area contributed by atoms with Gasteiger partial charge in [-0.05, 0) is 36.2 Å². The van der Waals surface area contributed by atoms with Crippen LogP contribution in [-0.2, 0) is 23.0 Å². The Bertz CT molecular complexity index is 929. The van der Waals surface area contributed by atoms with Crippen LogP contribution < -0.4 is 4.72 Å². The van der Waals surface area contributed by atoms with Gasteiger partial charge >= 0.3 is 0 Å². The van der Waals surface area contributed by atoms with Crippen molar-refractivity contribution < 1.29 is 17.6 Å². The number of ketones is 1. The quantitative estimate of drug-likeness (QED) is 0.613. The summed E-state index contributed by atoms with van der Waals surface area (Å²) in [6.07, 6.45) is 1.91. The van der Waals surface area contributed by atoms with E-state index >= 15 is 0 Å². The molecule has 2 aromatic heterocycles. The lowest BCUT2D eigenvalue weighted by Crippen LogP contribution is -2.26. The number of carbonyl (C=O) groups is 1. The topological polar surface area (TPSA) is 76.4 Å². The van der Waals surface area contributed by atoms with Crippen LogP contribution in [0.2, 0.25) is 0 Å². The Hall–Kier alpha value is -2.22. The minimum atomic E-state index is -3.38. The zero-order valence-corrected chi connectivity index (χ0v) is 15.0. The van der Waals surface area contributed by atoms with Gasteiger partial charge in [0.2, 0.25) is 15.8 Å². The fourth-order valence-electron chi connectivity index (χ4n) is 2.27. The molecule has 1 N–H and O–H groups in total. The molecule has 0 radical (unpaired) electrons. The second-order valence-corrected chi connectivity index (χ2v) is 8.54. The van der Waals surface area contributed by atoms with Crippen LogP contribution in [0.4, 0.5) is 0 Å². The number of nitrogens with one attached hydrogen (secondary N) is 1. The summed E-state index contributed by atoms with van der Waals surface area (Å²) in [5.74, 6) is 0.102. The molecule has 2 heterocycles. The maximum atomic E-state index is 12.2. The Balaban J connectivity index is 1.55. The molecular formula is C18H17NO4S2. The molecule has 130 valence electrons. The molecule has 0 saturated heterocycles. The Morgan fingerprint density at radius 3 is 2.56 bits per heavy atom. The summed E-state index contributed by atoms with van der Waals surface area (Å²) < 4.78 is 31.9. The predicted molar refractivity (Wildman–Crippen MR) is 97.2 cm³/mol. The summed E-state index contributed by atoms with van der Waals surface area (Å²) in [5, 5.41) is 0. The molecule has 1 aromatic carbocycles. The van der Waals surface area contributed by atoms with Crippen molar-refractivity contribution >= 4 is 27.1 Å². The molecule has 3 aromatic rings. The van der Waals surface area contributed by atoms with Crippen LogP contribution in [0, 0.1) is 0 Å². The van der Waals surface area contributed by atoms with E-state index in [1.807, 2.05) is 30.3 Å². The lowest BCUT2D eigenvalue weighted by molar-refractivity contribution is 0.101. The zero-order valence-electron chi connectivity index (χ0n) is 13.3. The first-order valence-corrected chi connectivity index (χ1v) is 10.2. The van der Waals surface area contributed by atoms with E-state index in [0.717, 1.165) is 10.4 Å². The Labute approximate surface area is 150 Å². The van der Waals surface area contributed by atoms with Crippen LogP contribution in [-0.4, -0.2) is 20.0 Å². The van der Waals surface area contributed by atoms with E-state index in [-0.39, 0.29) is 23.8 Å². The molecule has 0 fully saturated rings. The van der Waals surface area contributed by atoms with E-state index in [1.165, 1.54) is 17.6 Å². The number of aryl methyl sites for hydroxylation is 1. The number of thiophene rings is 1. The SMILES string of the molecule is O=C(c1ccco1)c1ccc(CNS(=O)(=O)CCc2ccccc2)s1. The number of rotatable bonds is 8. The molecule has 7 heteroatoms. The number of hydrogen-bond acceptors (Lipinski definition) is 5. The van der Waals surface area contributed by atoms with Crippen molar-refractivity contribution in [3.63, 3.8) is 0 Å². The van der Waals surface area contributed by atoms with Crippen LogP contribution in [0.15, 0.2) is 65.3 Å². The standard InChI is InChI=1S/C18H17NO4S2/c20-18(16-7-4-11-23-16)17-9-8-15(24-17)13-19-25(21,22)12-10-14-5-2-1-3-6-14/h1-9,11,19H,10,12-13H2. The fourth-order valence-corrected chi connectivity index (χ4v) is 4.28. The highest BCUT2D eigenvalue weighted by molar-refractivity contribution is 7.89. The summed E-state index contributed by atoms with van der Waals surface area (Å²) in [4.78, 5) is 13.5. The fraction of sp³-hybridized carbons (Fsp3) is 0.167. The summed E-state index contributed by atoms with van der Waals surface area (Å²) >= 11 is 1.26. The van der Waals surface area contributed by atoms with Gasteiger partial charge in [-0.2, -0.15) is 0 Å². The van der Waals surface area contributed by atoms with Gasteiger partial charge in [0, 0.05) is 11.4 Å². The van der Waals surface area contributed by atoms with Gasteiger partial charge in [0.15, 0.2) is 5.76 Å². The first-order valence-electron chi connectivity index (χ1n) is 7.72. The molecule has 25 heavy (non-hydrogen) atoms. The summed E-state index contributed by atoms with van der Waals surface area (Å²) in [6, 6.07) is 16.2. The van der Waals surface area contributed by atoms with E-state index < -0.39 is 10.0 Å². The van der Waals surface area contributed by atoms with Crippen LogP contribution in [0.5, 0.6) is 0 Å². The van der Waals surface area contributed by atoms with Crippen molar-refractivity contribution in [3.8, 4) is 0 Å². The number of benzene rings is 1. The van der Waals surface area contributed by atoms with Crippen molar-refractivity contribution in [2.45, 2.75) is 13.0 Å². The maximum Gasteiger partial charge on any atom is 0.238 e. The highest BCUT2D eigenvalue weighted by Crippen LogP contribution is 2.20. The molecule has 0 bridgehead atoms. The van der Waals surface area contributed by atoms with Gasteiger partial charge in [-0.15, -0.1) is 11.3 Å². The van der Waals surface area contributed by atoms with Gasteiger partial charge in [0.05, 0.1) is 16.9 Å². The van der Waals surface area contributed by atoms with Crippen molar-refractivity contribution in [1.29, 1.82) is 0 Å². The van der Waals surface area contributed by atoms with E-state index in [0.29, 0.717) is 11.3 Å². The van der Waals surface area contributed by atoms with Crippen molar-refractivity contribution in [2.24, 2.45) is 0 Å². The lowest BCUT2D eigenvalue weighted by Gasteiger charge is -2.05. The Morgan fingerprint density at radius 1 is 1.04 bits per heavy atom. The number of carbonyl (C=O) groups excluding carboxylic acids is 1. The maximum absolute atomic E-state index is 12.2. The third-order valence-electron chi connectivity index (χ3n) is 3.60. The molecule has 0 saturated carbocycles. The normalized spacial score (nSPS) is 11.5. The van der Waals surface area contributed by atoms with Gasteiger partial charge in [-0.1, -0.05) is 30.3 Å². The van der Waals surface area contributed by atoms with Gasteiger partial charge in [0.1, 0.15) is 0 Å². The van der Waals surface area contributed by atoms with Crippen LogP contribution in [0.1, 0.15) is 25.9 Å². The molecule has 0 amide bonds. The minimum Gasteiger partial charge on any atom is -0.461 e. The largest absolute Gasteiger partial charge is 0.461 e. The summed E-state index contributed by atoms with van der Waals surface area (Å²) in [7, 11) is -3.38. The second-order valence-electron chi connectivity index (χ2n) is 5.45. The molecule has 0 aliphatic rings. The zero-order chi connectivity index (χ0) is 17.7. The average Bonchev–Trinajstić information content (AvgIpc) is 3.31.